The highest BCUT2D eigenvalue weighted by atomic mass is 32.1. The zero-order valence-corrected chi connectivity index (χ0v) is 10.3. The monoisotopic (exact) mass is 262 g/mol. The second kappa shape index (κ2) is 5.98. The molecule has 0 N–H and O–H groups in total. The van der Waals surface area contributed by atoms with Gasteiger partial charge < -0.3 is 9.15 Å². The van der Waals surface area contributed by atoms with E-state index in [1.54, 1.807) is 11.3 Å². The van der Waals surface area contributed by atoms with Gasteiger partial charge in [-0.15, -0.1) is 16.6 Å². The van der Waals surface area contributed by atoms with Crippen molar-refractivity contribution in [2.75, 3.05) is 6.61 Å². The van der Waals surface area contributed by atoms with Crippen LogP contribution in [-0.4, -0.2) is 22.8 Å². The van der Waals surface area contributed by atoms with E-state index in [1.807, 2.05) is 16.8 Å². The van der Waals surface area contributed by atoms with E-state index in [1.165, 1.54) is 0 Å². The topological polar surface area (TPSA) is 65.2 Å². The molecule has 0 unspecified atom stereocenters. The molecule has 2 aromatic heterocycles. The van der Waals surface area contributed by atoms with Crippen LogP contribution in [0.2, 0.25) is 0 Å². The minimum atomic E-state index is -0.372. The number of hydrogen-bond acceptors (Lipinski definition) is 6. The van der Waals surface area contributed by atoms with Crippen molar-refractivity contribution in [3.8, 4) is 23.8 Å². The molecule has 92 valence electrons. The summed E-state index contributed by atoms with van der Waals surface area (Å²) in [6, 6.07) is 1.89. The van der Waals surface area contributed by atoms with E-state index in [9.17, 15) is 4.79 Å². The summed E-state index contributed by atoms with van der Waals surface area (Å²) < 4.78 is 10.1. The first-order valence-corrected chi connectivity index (χ1v) is 6.18. The predicted octanol–water partition coefficient (Wildman–Crippen LogP) is 1.91. The Morgan fingerprint density at radius 2 is 2.44 bits per heavy atom. The number of rotatable bonds is 5. The molecular formula is C12H10N2O3S. The number of carbonyl (C=O) groups excluding carboxylic acids is 1. The molecule has 2 rings (SSSR count). The molecule has 0 bridgehead atoms. The summed E-state index contributed by atoms with van der Waals surface area (Å²) in [7, 11) is 0. The molecule has 2 heterocycles. The maximum absolute atomic E-state index is 11.2. The van der Waals surface area contributed by atoms with Gasteiger partial charge in [-0.05, 0) is 11.4 Å². The summed E-state index contributed by atoms with van der Waals surface area (Å²) in [5.41, 5.74) is 0.883. The number of terminal acetylenes is 1. The minimum absolute atomic E-state index is 0.0111. The molecular weight excluding hydrogens is 252 g/mol. The molecule has 0 aliphatic carbocycles. The fraction of sp³-hybridized carbons (Fsp3) is 0.250. The lowest BCUT2D eigenvalue weighted by molar-refractivity contribution is -0.142. The Morgan fingerprint density at radius 1 is 1.56 bits per heavy atom. The molecule has 0 amide bonds. The van der Waals surface area contributed by atoms with E-state index in [2.05, 4.69) is 16.1 Å². The molecule has 18 heavy (non-hydrogen) atoms. The van der Waals surface area contributed by atoms with Crippen molar-refractivity contribution in [1.82, 2.24) is 10.2 Å². The molecule has 2 aromatic rings. The first kappa shape index (κ1) is 12.3. The van der Waals surface area contributed by atoms with Crippen molar-refractivity contribution < 1.29 is 13.9 Å². The Labute approximate surface area is 108 Å². The highest BCUT2D eigenvalue weighted by Gasteiger charge is 2.11. The van der Waals surface area contributed by atoms with Crippen LogP contribution in [0, 0.1) is 12.3 Å². The molecule has 0 atom stereocenters. The Balaban J connectivity index is 1.88. The molecule has 5 nitrogen and oxygen atoms in total. The Morgan fingerprint density at radius 3 is 3.17 bits per heavy atom. The summed E-state index contributed by atoms with van der Waals surface area (Å²) in [4.78, 5) is 11.2. The maximum atomic E-state index is 11.2. The standard InChI is InChI=1S/C12H10N2O3S/c1-2-6-16-11(15)4-3-10-13-14-12(17-10)9-5-7-18-8-9/h1,5,7-8H,3-4,6H2. The molecule has 0 spiro atoms. The van der Waals surface area contributed by atoms with Crippen LogP contribution in [0.4, 0.5) is 0 Å². The quantitative estimate of drug-likeness (QED) is 0.608. The van der Waals surface area contributed by atoms with Crippen LogP contribution in [0.1, 0.15) is 12.3 Å². The number of thiophene rings is 1. The minimum Gasteiger partial charge on any atom is -0.452 e. The lowest BCUT2D eigenvalue weighted by atomic mass is 10.3. The second-order valence-electron chi connectivity index (χ2n) is 3.38. The van der Waals surface area contributed by atoms with Crippen LogP contribution in [0.25, 0.3) is 11.5 Å². The SMILES string of the molecule is C#CCOC(=O)CCc1nnc(-c2ccsc2)o1. The second-order valence-corrected chi connectivity index (χ2v) is 4.16. The highest BCUT2D eigenvalue weighted by Crippen LogP contribution is 2.20. The number of ether oxygens (including phenoxy) is 1. The van der Waals surface area contributed by atoms with Crippen molar-refractivity contribution in [2.45, 2.75) is 12.8 Å². The number of aryl methyl sites for hydroxylation is 1. The lowest BCUT2D eigenvalue weighted by Crippen LogP contribution is -2.05. The van der Waals surface area contributed by atoms with E-state index < -0.39 is 0 Å². The lowest BCUT2D eigenvalue weighted by Gasteiger charge is -1.97. The van der Waals surface area contributed by atoms with Crippen molar-refractivity contribution in [2.24, 2.45) is 0 Å². The van der Waals surface area contributed by atoms with Crippen LogP contribution in [0.3, 0.4) is 0 Å². The van der Waals surface area contributed by atoms with E-state index in [0.717, 1.165) is 5.56 Å². The zero-order chi connectivity index (χ0) is 12.8. The van der Waals surface area contributed by atoms with Gasteiger partial charge in [-0.3, -0.25) is 4.79 Å². The summed E-state index contributed by atoms with van der Waals surface area (Å²) in [6.45, 7) is -0.0111. The number of aromatic nitrogens is 2. The molecule has 0 saturated carbocycles. The molecule has 0 aliphatic heterocycles. The van der Waals surface area contributed by atoms with Crippen LogP contribution < -0.4 is 0 Å². The first-order valence-electron chi connectivity index (χ1n) is 5.23. The average Bonchev–Trinajstić information content (AvgIpc) is 3.03. The van der Waals surface area contributed by atoms with Gasteiger partial charge in [0.25, 0.3) is 0 Å². The number of nitrogens with zero attached hydrogens (tertiary/aromatic N) is 2. The molecule has 0 aliphatic rings. The van der Waals surface area contributed by atoms with E-state index >= 15 is 0 Å². The van der Waals surface area contributed by atoms with E-state index in [4.69, 9.17) is 15.6 Å². The fourth-order valence-electron chi connectivity index (χ4n) is 1.26. The summed E-state index contributed by atoms with van der Waals surface area (Å²) >= 11 is 1.55. The van der Waals surface area contributed by atoms with Crippen LogP contribution in [-0.2, 0) is 16.0 Å². The average molecular weight is 262 g/mol. The summed E-state index contributed by atoms with van der Waals surface area (Å²) in [5.74, 6) is 2.73. The van der Waals surface area contributed by atoms with Gasteiger partial charge in [-0.1, -0.05) is 5.92 Å². The largest absolute Gasteiger partial charge is 0.452 e. The van der Waals surface area contributed by atoms with Crippen molar-refractivity contribution in [1.29, 1.82) is 0 Å². The third-order valence-corrected chi connectivity index (χ3v) is 2.78. The number of hydrogen-bond donors (Lipinski definition) is 0. The highest BCUT2D eigenvalue weighted by molar-refractivity contribution is 7.08. The van der Waals surface area contributed by atoms with Gasteiger partial charge in [0, 0.05) is 17.4 Å². The molecule has 0 radical (unpaired) electrons. The van der Waals surface area contributed by atoms with Gasteiger partial charge >= 0.3 is 5.97 Å². The fourth-order valence-corrected chi connectivity index (χ4v) is 1.89. The third kappa shape index (κ3) is 3.18. The van der Waals surface area contributed by atoms with E-state index in [0.29, 0.717) is 18.2 Å². The van der Waals surface area contributed by atoms with Gasteiger partial charge in [-0.25, -0.2) is 0 Å². The van der Waals surface area contributed by atoms with Gasteiger partial charge in [-0.2, -0.15) is 11.3 Å². The van der Waals surface area contributed by atoms with E-state index in [-0.39, 0.29) is 19.0 Å². The van der Waals surface area contributed by atoms with Gasteiger partial charge in [0.2, 0.25) is 11.8 Å². The number of carbonyl (C=O) groups is 1. The van der Waals surface area contributed by atoms with Gasteiger partial charge in [0.05, 0.1) is 6.42 Å². The van der Waals surface area contributed by atoms with Crippen LogP contribution in [0.15, 0.2) is 21.2 Å². The molecule has 6 heteroatoms. The smallest absolute Gasteiger partial charge is 0.307 e. The first-order chi connectivity index (χ1) is 8.79. The predicted molar refractivity (Wildman–Crippen MR) is 65.7 cm³/mol. The van der Waals surface area contributed by atoms with Crippen molar-refractivity contribution in [3.63, 3.8) is 0 Å². The Kier molecular flexibility index (Phi) is 4.10. The Bertz CT molecular complexity index is 554. The maximum Gasteiger partial charge on any atom is 0.307 e. The Hall–Kier alpha value is -2.13. The number of esters is 1. The molecule has 0 saturated heterocycles. The normalized spacial score (nSPS) is 9.94. The zero-order valence-electron chi connectivity index (χ0n) is 9.46. The van der Waals surface area contributed by atoms with Crippen molar-refractivity contribution >= 4 is 17.3 Å². The summed E-state index contributed by atoms with van der Waals surface area (Å²) in [5, 5.41) is 11.6. The van der Waals surface area contributed by atoms with Crippen LogP contribution in [0.5, 0.6) is 0 Å². The van der Waals surface area contributed by atoms with Gasteiger partial charge in [0.1, 0.15) is 0 Å². The van der Waals surface area contributed by atoms with Crippen molar-refractivity contribution in [3.05, 3.63) is 22.7 Å². The third-order valence-electron chi connectivity index (χ3n) is 2.09. The molecule has 0 aromatic carbocycles. The summed E-state index contributed by atoms with van der Waals surface area (Å²) in [6.07, 6.45) is 5.50. The van der Waals surface area contributed by atoms with Gasteiger partial charge in [0.15, 0.2) is 6.61 Å². The van der Waals surface area contributed by atoms with Crippen LogP contribution >= 0.6 is 11.3 Å². The molecule has 0 fully saturated rings.